The van der Waals surface area contributed by atoms with Gasteiger partial charge in [0.15, 0.2) is 0 Å². The Morgan fingerprint density at radius 2 is 2.50 bits per heavy atom. The van der Waals surface area contributed by atoms with Crippen LogP contribution in [0, 0.1) is 10.1 Å². The number of aliphatic hydroxyl groups is 1. The first kappa shape index (κ1) is 10.8. The Morgan fingerprint density at radius 1 is 1.69 bits per heavy atom. The van der Waals surface area contributed by atoms with E-state index in [2.05, 4.69) is 4.98 Å². The highest BCUT2D eigenvalue weighted by atomic mass is 16.6. The fourth-order valence-corrected chi connectivity index (χ4v) is 2.10. The molecule has 1 aliphatic rings. The van der Waals surface area contributed by atoms with Gasteiger partial charge in [-0.3, -0.25) is 15.1 Å². The predicted octanol–water partition coefficient (Wildman–Crippen LogP) is 0.951. The lowest BCUT2D eigenvalue weighted by Crippen LogP contribution is -2.32. The van der Waals surface area contributed by atoms with Gasteiger partial charge in [0.1, 0.15) is 11.9 Å². The topological polar surface area (TPSA) is 79.5 Å². The van der Waals surface area contributed by atoms with Crippen molar-refractivity contribution in [2.45, 2.75) is 18.9 Å². The van der Waals surface area contributed by atoms with Crippen LogP contribution < -0.4 is 4.90 Å². The zero-order valence-electron chi connectivity index (χ0n) is 8.74. The van der Waals surface area contributed by atoms with E-state index < -0.39 is 4.92 Å². The fourth-order valence-electron chi connectivity index (χ4n) is 2.10. The van der Waals surface area contributed by atoms with Gasteiger partial charge < -0.3 is 10.0 Å². The van der Waals surface area contributed by atoms with Gasteiger partial charge in [-0.1, -0.05) is 0 Å². The predicted molar refractivity (Wildman–Crippen MR) is 58.3 cm³/mol. The van der Waals surface area contributed by atoms with Crippen LogP contribution in [-0.2, 0) is 0 Å². The summed E-state index contributed by atoms with van der Waals surface area (Å²) in [5.74, 6) is 0. The van der Waals surface area contributed by atoms with Crippen LogP contribution in [0.4, 0.5) is 11.4 Å². The molecule has 6 nitrogen and oxygen atoms in total. The number of hydrogen-bond acceptors (Lipinski definition) is 5. The van der Waals surface area contributed by atoms with E-state index in [1.54, 1.807) is 6.07 Å². The number of rotatable bonds is 3. The van der Waals surface area contributed by atoms with Crippen molar-refractivity contribution in [1.29, 1.82) is 0 Å². The SMILES string of the molecule is O=[N+]([O-])c1cnccc1N1CCCC1CO. The molecule has 1 aromatic rings. The molecule has 0 amide bonds. The molecule has 1 saturated heterocycles. The van der Waals surface area contributed by atoms with Gasteiger partial charge in [0.25, 0.3) is 0 Å². The highest BCUT2D eigenvalue weighted by Crippen LogP contribution is 2.32. The first-order valence-corrected chi connectivity index (χ1v) is 5.20. The number of anilines is 1. The van der Waals surface area contributed by atoms with Crippen LogP contribution >= 0.6 is 0 Å². The molecule has 1 unspecified atom stereocenters. The molecule has 86 valence electrons. The summed E-state index contributed by atoms with van der Waals surface area (Å²) in [6.45, 7) is 0.773. The van der Waals surface area contributed by atoms with Crippen molar-refractivity contribution < 1.29 is 10.0 Å². The average Bonchev–Trinajstić information content (AvgIpc) is 2.76. The highest BCUT2D eigenvalue weighted by molar-refractivity contribution is 5.62. The minimum atomic E-state index is -0.435. The maximum Gasteiger partial charge on any atom is 0.310 e. The maximum absolute atomic E-state index is 10.8. The van der Waals surface area contributed by atoms with E-state index in [0.29, 0.717) is 5.69 Å². The van der Waals surface area contributed by atoms with E-state index in [1.807, 2.05) is 4.90 Å². The van der Waals surface area contributed by atoms with Crippen molar-refractivity contribution >= 4 is 11.4 Å². The Hall–Kier alpha value is -1.69. The van der Waals surface area contributed by atoms with Crippen LogP contribution in [0.3, 0.4) is 0 Å². The normalized spacial score (nSPS) is 20.1. The molecule has 0 bridgehead atoms. The van der Waals surface area contributed by atoms with Crippen LogP contribution in [0.15, 0.2) is 18.5 Å². The molecule has 0 spiro atoms. The molecule has 1 atom stereocenters. The van der Waals surface area contributed by atoms with Gasteiger partial charge in [-0.2, -0.15) is 0 Å². The highest BCUT2D eigenvalue weighted by Gasteiger charge is 2.28. The van der Waals surface area contributed by atoms with Gasteiger partial charge in [0.05, 0.1) is 17.6 Å². The molecule has 0 radical (unpaired) electrons. The molecule has 16 heavy (non-hydrogen) atoms. The third-order valence-corrected chi connectivity index (χ3v) is 2.87. The number of aromatic nitrogens is 1. The van der Waals surface area contributed by atoms with Crippen LogP contribution in [0.25, 0.3) is 0 Å². The second kappa shape index (κ2) is 4.44. The Labute approximate surface area is 92.7 Å². The van der Waals surface area contributed by atoms with Gasteiger partial charge in [-0.25, -0.2) is 0 Å². The molecule has 6 heteroatoms. The summed E-state index contributed by atoms with van der Waals surface area (Å²) in [5.41, 5.74) is 0.555. The summed E-state index contributed by atoms with van der Waals surface area (Å²) >= 11 is 0. The van der Waals surface area contributed by atoms with Crippen molar-refractivity contribution in [2.75, 3.05) is 18.1 Å². The second-order valence-corrected chi connectivity index (χ2v) is 3.79. The van der Waals surface area contributed by atoms with Crippen molar-refractivity contribution in [1.82, 2.24) is 4.98 Å². The summed E-state index contributed by atoms with van der Waals surface area (Å²) in [7, 11) is 0. The fraction of sp³-hybridized carbons (Fsp3) is 0.500. The standard InChI is InChI=1S/C10H13N3O3/c14-7-8-2-1-5-12(8)9-3-4-11-6-10(9)13(15)16/h3-4,6,8,14H,1-2,5,7H2. The summed E-state index contributed by atoms with van der Waals surface area (Å²) < 4.78 is 0. The molecule has 1 aliphatic heterocycles. The molecule has 0 aromatic carbocycles. The Bertz CT molecular complexity index is 397. The minimum Gasteiger partial charge on any atom is -0.394 e. The molecule has 1 N–H and O–H groups in total. The molecule has 0 aliphatic carbocycles. The lowest BCUT2D eigenvalue weighted by molar-refractivity contribution is -0.384. The third-order valence-electron chi connectivity index (χ3n) is 2.87. The number of pyridine rings is 1. The van der Waals surface area contributed by atoms with Crippen LogP contribution in [0.5, 0.6) is 0 Å². The monoisotopic (exact) mass is 223 g/mol. The van der Waals surface area contributed by atoms with Gasteiger partial charge in [-0.05, 0) is 18.9 Å². The molecule has 0 saturated carbocycles. The van der Waals surface area contributed by atoms with Crippen LogP contribution in [0.1, 0.15) is 12.8 Å². The maximum atomic E-state index is 10.8. The number of hydrogen-bond donors (Lipinski definition) is 1. The lowest BCUT2D eigenvalue weighted by Gasteiger charge is -2.24. The molecular weight excluding hydrogens is 210 g/mol. The second-order valence-electron chi connectivity index (χ2n) is 3.79. The molecule has 2 heterocycles. The van der Waals surface area contributed by atoms with E-state index in [1.165, 1.54) is 12.4 Å². The van der Waals surface area contributed by atoms with E-state index in [4.69, 9.17) is 0 Å². The first-order valence-electron chi connectivity index (χ1n) is 5.20. The van der Waals surface area contributed by atoms with Gasteiger partial charge in [-0.15, -0.1) is 0 Å². The zero-order chi connectivity index (χ0) is 11.5. The minimum absolute atomic E-state index is 0.00264. The quantitative estimate of drug-likeness (QED) is 0.609. The molecule has 1 fully saturated rings. The van der Waals surface area contributed by atoms with E-state index in [0.717, 1.165) is 19.4 Å². The lowest BCUT2D eigenvalue weighted by atomic mass is 10.2. The van der Waals surface area contributed by atoms with Gasteiger partial charge >= 0.3 is 5.69 Å². The summed E-state index contributed by atoms with van der Waals surface area (Å²) in [6.07, 6.45) is 4.61. The van der Waals surface area contributed by atoms with Gasteiger partial charge in [0, 0.05) is 12.7 Å². The molecule has 2 rings (SSSR count). The van der Waals surface area contributed by atoms with E-state index in [-0.39, 0.29) is 18.3 Å². The Morgan fingerprint density at radius 3 is 3.19 bits per heavy atom. The van der Waals surface area contributed by atoms with Crippen molar-refractivity contribution in [3.05, 3.63) is 28.6 Å². The van der Waals surface area contributed by atoms with E-state index >= 15 is 0 Å². The Kier molecular flexibility index (Phi) is 3.00. The largest absolute Gasteiger partial charge is 0.394 e. The van der Waals surface area contributed by atoms with E-state index in [9.17, 15) is 15.2 Å². The van der Waals surface area contributed by atoms with Gasteiger partial charge in [0.2, 0.25) is 0 Å². The van der Waals surface area contributed by atoms with Crippen molar-refractivity contribution in [2.24, 2.45) is 0 Å². The average molecular weight is 223 g/mol. The zero-order valence-corrected chi connectivity index (χ0v) is 8.74. The van der Waals surface area contributed by atoms with Crippen LogP contribution in [-0.4, -0.2) is 34.2 Å². The number of nitro groups is 1. The Balaban J connectivity index is 2.35. The first-order chi connectivity index (χ1) is 7.74. The summed E-state index contributed by atoms with van der Waals surface area (Å²) in [4.78, 5) is 16.1. The number of nitrogens with zero attached hydrogens (tertiary/aromatic N) is 3. The van der Waals surface area contributed by atoms with Crippen molar-refractivity contribution in [3.63, 3.8) is 0 Å². The summed E-state index contributed by atoms with van der Waals surface area (Å²) in [6, 6.07) is 1.62. The van der Waals surface area contributed by atoms with Crippen molar-refractivity contribution in [3.8, 4) is 0 Å². The number of aliphatic hydroxyl groups excluding tert-OH is 1. The smallest absolute Gasteiger partial charge is 0.310 e. The van der Waals surface area contributed by atoms with Crippen LogP contribution in [0.2, 0.25) is 0 Å². The third kappa shape index (κ3) is 1.83. The summed E-state index contributed by atoms with van der Waals surface area (Å²) in [5, 5.41) is 20.0. The molecular formula is C10H13N3O3. The molecule has 1 aromatic heterocycles.